The molecule has 0 atom stereocenters. The SMILES string of the molecule is N#CCCN(C(=O)c1nc(C(=O)O)cs1)c1ccccc1. The first-order valence-electron chi connectivity index (χ1n) is 6.06. The van der Waals surface area contributed by atoms with Crippen molar-refractivity contribution in [3.63, 3.8) is 0 Å². The van der Waals surface area contributed by atoms with Crippen LogP contribution in [0.4, 0.5) is 5.69 Å². The fraction of sp³-hybridized carbons (Fsp3) is 0.143. The van der Waals surface area contributed by atoms with Crippen LogP contribution in [-0.2, 0) is 0 Å². The van der Waals surface area contributed by atoms with E-state index in [0.29, 0.717) is 5.69 Å². The largest absolute Gasteiger partial charge is 0.476 e. The van der Waals surface area contributed by atoms with Crippen molar-refractivity contribution in [2.75, 3.05) is 11.4 Å². The molecule has 1 aromatic carbocycles. The van der Waals surface area contributed by atoms with E-state index in [4.69, 9.17) is 10.4 Å². The van der Waals surface area contributed by atoms with Gasteiger partial charge in [-0.15, -0.1) is 11.3 Å². The van der Waals surface area contributed by atoms with Crippen LogP contribution < -0.4 is 4.90 Å². The first-order chi connectivity index (χ1) is 10.1. The summed E-state index contributed by atoms with van der Waals surface area (Å²) in [6.45, 7) is 0.224. The van der Waals surface area contributed by atoms with Crippen molar-refractivity contribution in [2.45, 2.75) is 6.42 Å². The maximum absolute atomic E-state index is 12.5. The van der Waals surface area contributed by atoms with Gasteiger partial charge >= 0.3 is 5.97 Å². The Hall–Kier alpha value is -2.72. The number of carbonyl (C=O) groups excluding carboxylic acids is 1. The second kappa shape index (κ2) is 6.63. The predicted molar refractivity (Wildman–Crippen MR) is 77.4 cm³/mol. The third-order valence-electron chi connectivity index (χ3n) is 2.67. The lowest BCUT2D eigenvalue weighted by atomic mass is 10.2. The molecule has 0 saturated carbocycles. The van der Waals surface area contributed by atoms with Crippen LogP contribution >= 0.6 is 11.3 Å². The number of carboxylic acids is 1. The molecule has 21 heavy (non-hydrogen) atoms. The van der Waals surface area contributed by atoms with Crippen LogP contribution in [0.25, 0.3) is 0 Å². The molecule has 0 aliphatic carbocycles. The summed E-state index contributed by atoms with van der Waals surface area (Å²) < 4.78 is 0. The van der Waals surface area contributed by atoms with Crippen LogP contribution in [0, 0.1) is 11.3 Å². The molecule has 2 rings (SSSR count). The Kier molecular flexibility index (Phi) is 4.64. The molecule has 0 radical (unpaired) electrons. The van der Waals surface area contributed by atoms with E-state index >= 15 is 0 Å². The summed E-state index contributed by atoms with van der Waals surface area (Å²) in [4.78, 5) is 28.5. The first kappa shape index (κ1) is 14.7. The number of carboxylic acid groups (broad SMARTS) is 1. The number of benzene rings is 1. The molecule has 0 aliphatic rings. The summed E-state index contributed by atoms with van der Waals surface area (Å²) in [6.07, 6.45) is 0.178. The monoisotopic (exact) mass is 301 g/mol. The molecule has 0 aliphatic heterocycles. The minimum Gasteiger partial charge on any atom is -0.476 e. The molecule has 0 unspecified atom stereocenters. The van der Waals surface area contributed by atoms with Gasteiger partial charge in [-0.2, -0.15) is 5.26 Å². The number of nitriles is 1. The van der Waals surface area contributed by atoms with Crippen LogP contribution in [-0.4, -0.2) is 28.5 Å². The zero-order valence-corrected chi connectivity index (χ0v) is 11.7. The standard InChI is InChI=1S/C14H11N3O3S/c15-7-4-8-17(10-5-2-1-3-6-10)13(18)12-16-11(9-21-12)14(19)20/h1-3,5-6,9H,4,8H2,(H,19,20). The lowest BCUT2D eigenvalue weighted by Crippen LogP contribution is -2.31. The average molecular weight is 301 g/mol. The molecule has 7 heteroatoms. The van der Waals surface area contributed by atoms with Gasteiger partial charge < -0.3 is 10.0 Å². The molecular weight excluding hydrogens is 290 g/mol. The summed E-state index contributed by atoms with van der Waals surface area (Å²) in [5, 5.41) is 19.0. The summed E-state index contributed by atoms with van der Waals surface area (Å²) in [6, 6.07) is 10.9. The molecule has 0 bridgehead atoms. The van der Waals surface area contributed by atoms with Crippen molar-refractivity contribution >= 4 is 28.9 Å². The normalized spacial score (nSPS) is 9.86. The Bertz CT molecular complexity index is 691. The van der Waals surface area contributed by atoms with Crippen LogP contribution in [0.5, 0.6) is 0 Å². The van der Waals surface area contributed by atoms with Gasteiger partial charge in [-0.1, -0.05) is 18.2 Å². The second-order valence-electron chi connectivity index (χ2n) is 4.04. The summed E-state index contributed by atoms with van der Waals surface area (Å²) >= 11 is 0.976. The third-order valence-corrected chi connectivity index (χ3v) is 3.50. The average Bonchev–Trinajstić information content (AvgIpc) is 2.98. The van der Waals surface area contributed by atoms with E-state index in [1.807, 2.05) is 12.1 Å². The predicted octanol–water partition coefficient (Wildman–Crippen LogP) is 2.40. The fourth-order valence-electron chi connectivity index (χ4n) is 1.70. The van der Waals surface area contributed by atoms with Crippen molar-refractivity contribution in [2.24, 2.45) is 0 Å². The molecule has 0 saturated heterocycles. The minimum atomic E-state index is -1.17. The van der Waals surface area contributed by atoms with Gasteiger partial charge in [0.05, 0.1) is 12.5 Å². The number of nitrogens with zero attached hydrogens (tertiary/aromatic N) is 3. The summed E-state index contributed by atoms with van der Waals surface area (Å²) in [5.41, 5.74) is 0.487. The number of anilines is 1. The van der Waals surface area contributed by atoms with Crippen molar-refractivity contribution in [3.05, 3.63) is 46.4 Å². The number of hydrogen-bond donors (Lipinski definition) is 1. The van der Waals surface area contributed by atoms with Gasteiger partial charge in [-0.3, -0.25) is 4.79 Å². The maximum Gasteiger partial charge on any atom is 0.355 e. The van der Waals surface area contributed by atoms with Gasteiger partial charge in [0.15, 0.2) is 10.7 Å². The number of thiazole rings is 1. The number of aromatic carboxylic acids is 1. The fourth-order valence-corrected chi connectivity index (χ4v) is 2.44. The van der Waals surface area contributed by atoms with E-state index in [2.05, 4.69) is 4.98 Å². The molecule has 1 aromatic heterocycles. The van der Waals surface area contributed by atoms with Crippen molar-refractivity contribution in [1.29, 1.82) is 5.26 Å². The zero-order chi connectivity index (χ0) is 15.2. The Morgan fingerprint density at radius 3 is 2.62 bits per heavy atom. The summed E-state index contributed by atoms with van der Waals surface area (Å²) in [5.74, 6) is -1.58. The smallest absolute Gasteiger partial charge is 0.355 e. The van der Waals surface area contributed by atoms with E-state index in [1.54, 1.807) is 24.3 Å². The van der Waals surface area contributed by atoms with E-state index in [9.17, 15) is 9.59 Å². The molecule has 0 spiro atoms. The molecule has 2 aromatic rings. The number of aromatic nitrogens is 1. The molecule has 0 fully saturated rings. The Balaban J connectivity index is 2.29. The van der Waals surface area contributed by atoms with Crippen LogP contribution in [0.3, 0.4) is 0 Å². The van der Waals surface area contributed by atoms with Gasteiger partial charge in [0.25, 0.3) is 5.91 Å². The van der Waals surface area contributed by atoms with Gasteiger partial charge in [0, 0.05) is 17.6 Å². The quantitative estimate of drug-likeness (QED) is 0.915. The van der Waals surface area contributed by atoms with Gasteiger partial charge in [-0.25, -0.2) is 9.78 Å². The highest BCUT2D eigenvalue weighted by Gasteiger charge is 2.21. The Morgan fingerprint density at radius 2 is 2.05 bits per heavy atom. The van der Waals surface area contributed by atoms with Crippen LogP contribution in [0.1, 0.15) is 26.7 Å². The van der Waals surface area contributed by atoms with Gasteiger partial charge in [0.2, 0.25) is 0 Å². The number of rotatable bonds is 5. The zero-order valence-electron chi connectivity index (χ0n) is 10.9. The van der Waals surface area contributed by atoms with Crippen LogP contribution in [0.2, 0.25) is 0 Å². The molecule has 1 amide bonds. The lowest BCUT2D eigenvalue weighted by molar-refractivity contribution is 0.0691. The van der Waals surface area contributed by atoms with E-state index in [0.717, 1.165) is 11.3 Å². The summed E-state index contributed by atoms with van der Waals surface area (Å²) in [7, 11) is 0. The topological polar surface area (TPSA) is 94.3 Å². The first-order valence-corrected chi connectivity index (χ1v) is 6.94. The minimum absolute atomic E-state index is 0.0918. The highest BCUT2D eigenvalue weighted by molar-refractivity contribution is 7.12. The lowest BCUT2D eigenvalue weighted by Gasteiger charge is -2.20. The molecule has 1 N–H and O–H groups in total. The van der Waals surface area contributed by atoms with Crippen molar-refractivity contribution in [3.8, 4) is 6.07 Å². The van der Waals surface area contributed by atoms with Gasteiger partial charge in [-0.05, 0) is 12.1 Å². The third kappa shape index (κ3) is 3.43. The number of amides is 1. The number of carbonyl (C=O) groups is 2. The van der Waals surface area contributed by atoms with Crippen LogP contribution in [0.15, 0.2) is 35.7 Å². The molecule has 106 valence electrons. The Morgan fingerprint density at radius 1 is 1.33 bits per heavy atom. The Labute approximate surface area is 124 Å². The molecular formula is C14H11N3O3S. The highest BCUT2D eigenvalue weighted by atomic mass is 32.1. The number of hydrogen-bond acceptors (Lipinski definition) is 5. The molecule has 1 heterocycles. The highest BCUT2D eigenvalue weighted by Crippen LogP contribution is 2.19. The van der Waals surface area contributed by atoms with Gasteiger partial charge in [0.1, 0.15) is 0 Å². The van der Waals surface area contributed by atoms with Crippen molar-refractivity contribution in [1.82, 2.24) is 4.98 Å². The molecule has 6 nitrogen and oxygen atoms in total. The maximum atomic E-state index is 12.5. The second-order valence-corrected chi connectivity index (χ2v) is 4.90. The number of para-hydroxylation sites is 1. The van der Waals surface area contributed by atoms with E-state index < -0.39 is 11.9 Å². The van der Waals surface area contributed by atoms with Crippen molar-refractivity contribution < 1.29 is 14.7 Å². The van der Waals surface area contributed by atoms with E-state index in [1.165, 1.54) is 10.3 Å². The van der Waals surface area contributed by atoms with E-state index in [-0.39, 0.29) is 23.7 Å².